The zero-order valence-corrected chi connectivity index (χ0v) is 21.7. The SMILES string of the molecule is Cc1sc2nc(SCC(=O)Nc3sc4c(c3C(N)=O)CCC4)n(Cc3cccnc3)c(=O)c2c1C. The number of thiophene rings is 2. The van der Waals surface area contributed by atoms with Crippen molar-refractivity contribution in [2.45, 2.75) is 44.8 Å². The molecule has 35 heavy (non-hydrogen) atoms. The van der Waals surface area contributed by atoms with Gasteiger partial charge in [0.2, 0.25) is 5.91 Å². The van der Waals surface area contributed by atoms with Gasteiger partial charge in [-0.2, -0.15) is 0 Å². The van der Waals surface area contributed by atoms with E-state index in [1.54, 1.807) is 17.0 Å². The molecule has 5 rings (SSSR count). The minimum Gasteiger partial charge on any atom is -0.365 e. The molecule has 1 aliphatic rings. The molecule has 0 unspecified atom stereocenters. The van der Waals surface area contributed by atoms with Crippen LogP contribution in [0, 0.1) is 13.8 Å². The second kappa shape index (κ2) is 9.56. The fraction of sp³-hybridized carbons (Fsp3) is 0.292. The van der Waals surface area contributed by atoms with Crippen molar-refractivity contribution < 1.29 is 9.59 Å². The summed E-state index contributed by atoms with van der Waals surface area (Å²) in [5, 5.41) is 4.45. The molecule has 0 atom stereocenters. The summed E-state index contributed by atoms with van der Waals surface area (Å²) < 4.78 is 1.60. The van der Waals surface area contributed by atoms with Gasteiger partial charge in [0.25, 0.3) is 11.5 Å². The number of carbonyl (C=O) groups excluding carboxylic acids is 2. The van der Waals surface area contributed by atoms with E-state index in [0.29, 0.717) is 32.5 Å². The van der Waals surface area contributed by atoms with Crippen molar-refractivity contribution in [1.29, 1.82) is 0 Å². The second-order valence-electron chi connectivity index (χ2n) is 8.37. The highest BCUT2D eigenvalue weighted by atomic mass is 32.2. The predicted octanol–water partition coefficient (Wildman–Crippen LogP) is 3.90. The van der Waals surface area contributed by atoms with Crippen molar-refractivity contribution in [1.82, 2.24) is 14.5 Å². The Morgan fingerprint density at radius 3 is 2.83 bits per heavy atom. The molecule has 180 valence electrons. The number of pyridine rings is 1. The van der Waals surface area contributed by atoms with Crippen LogP contribution in [-0.2, 0) is 24.2 Å². The molecule has 0 fully saturated rings. The van der Waals surface area contributed by atoms with Crippen LogP contribution in [0.4, 0.5) is 5.00 Å². The third-order valence-corrected chi connectivity index (χ3v) is 9.36. The smallest absolute Gasteiger partial charge is 0.263 e. The zero-order chi connectivity index (χ0) is 24.7. The third-order valence-electron chi connectivity index (χ3n) is 6.07. The molecule has 0 bridgehead atoms. The predicted molar refractivity (Wildman–Crippen MR) is 141 cm³/mol. The van der Waals surface area contributed by atoms with Crippen LogP contribution >= 0.6 is 34.4 Å². The van der Waals surface area contributed by atoms with Crippen molar-refractivity contribution in [3.63, 3.8) is 0 Å². The lowest BCUT2D eigenvalue weighted by Crippen LogP contribution is -2.25. The van der Waals surface area contributed by atoms with E-state index in [0.717, 1.165) is 45.7 Å². The number of thioether (sulfide) groups is 1. The van der Waals surface area contributed by atoms with Gasteiger partial charge in [-0.15, -0.1) is 22.7 Å². The average molecular weight is 526 g/mol. The number of anilines is 1. The van der Waals surface area contributed by atoms with Gasteiger partial charge in [0.05, 0.1) is 23.2 Å². The molecule has 0 saturated carbocycles. The largest absolute Gasteiger partial charge is 0.365 e. The first kappa shape index (κ1) is 23.7. The number of primary amides is 1. The van der Waals surface area contributed by atoms with Crippen molar-refractivity contribution in [3.05, 3.63) is 66.9 Å². The molecule has 8 nitrogen and oxygen atoms in total. The molecule has 0 aliphatic heterocycles. The number of fused-ring (bicyclic) bond motifs is 2. The fourth-order valence-corrected chi connectivity index (χ4v) is 7.46. The Bertz CT molecular complexity index is 1520. The number of nitrogens with one attached hydrogen (secondary N) is 1. The van der Waals surface area contributed by atoms with Gasteiger partial charge in [0.15, 0.2) is 5.16 Å². The van der Waals surface area contributed by atoms with Crippen LogP contribution in [0.15, 0.2) is 34.5 Å². The number of amides is 2. The monoisotopic (exact) mass is 525 g/mol. The Labute approximate surface area is 213 Å². The zero-order valence-electron chi connectivity index (χ0n) is 19.2. The minimum atomic E-state index is -0.520. The molecule has 0 radical (unpaired) electrons. The van der Waals surface area contributed by atoms with Gasteiger partial charge in [-0.25, -0.2) is 4.98 Å². The van der Waals surface area contributed by atoms with Gasteiger partial charge in [-0.3, -0.25) is 23.9 Å². The molecule has 4 aromatic heterocycles. The van der Waals surface area contributed by atoms with Gasteiger partial charge in [0, 0.05) is 22.1 Å². The van der Waals surface area contributed by atoms with Crippen molar-refractivity contribution in [2.75, 3.05) is 11.1 Å². The van der Waals surface area contributed by atoms with E-state index in [-0.39, 0.29) is 17.2 Å². The molecular formula is C24H23N5O3S3. The van der Waals surface area contributed by atoms with Crippen LogP contribution in [0.25, 0.3) is 10.2 Å². The number of aryl methyl sites for hydroxylation is 3. The molecular weight excluding hydrogens is 502 g/mol. The standard InChI is InChI=1S/C24H23N5O3S3/c1-12-13(2)34-21-18(12)23(32)29(10-14-5-4-8-26-9-14)24(28-21)33-11-17(30)27-22-19(20(25)31)15-6-3-7-16(15)35-22/h4-5,8-9H,3,6-7,10-11H2,1-2H3,(H2,25,31)(H,27,30). The van der Waals surface area contributed by atoms with E-state index in [2.05, 4.69) is 10.3 Å². The van der Waals surface area contributed by atoms with Crippen molar-refractivity contribution >= 4 is 61.5 Å². The highest BCUT2D eigenvalue weighted by Crippen LogP contribution is 2.39. The Kier molecular flexibility index (Phi) is 6.47. The number of aromatic nitrogens is 3. The van der Waals surface area contributed by atoms with Gasteiger partial charge < -0.3 is 11.1 Å². The first-order chi connectivity index (χ1) is 16.8. The molecule has 4 aromatic rings. The van der Waals surface area contributed by atoms with Crippen LogP contribution in [0.2, 0.25) is 0 Å². The highest BCUT2D eigenvalue weighted by molar-refractivity contribution is 7.99. The lowest BCUT2D eigenvalue weighted by molar-refractivity contribution is -0.113. The number of hydrogen-bond acceptors (Lipinski definition) is 8. The van der Waals surface area contributed by atoms with Gasteiger partial charge in [-0.05, 0) is 55.9 Å². The van der Waals surface area contributed by atoms with E-state index < -0.39 is 5.91 Å². The lowest BCUT2D eigenvalue weighted by atomic mass is 10.1. The Balaban J connectivity index is 1.43. The normalized spacial score (nSPS) is 12.7. The van der Waals surface area contributed by atoms with E-state index in [1.165, 1.54) is 34.4 Å². The number of nitrogens with two attached hydrogens (primary N) is 1. The number of rotatable bonds is 7. The van der Waals surface area contributed by atoms with Crippen LogP contribution < -0.4 is 16.6 Å². The molecule has 0 aromatic carbocycles. The Morgan fingerprint density at radius 1 is 1.26 bits per heavy atom. The second-order valence-corrected chi connectivity index (χ2v) is 11.6. The minimum absolute atomic E-state index is 0.0368. The Hall–Kier alpha value is -3.02. The summed E-state index contributed by atoms with van der Waals surface area (Å²) in [7, 11) is 0. The molecule has 4 heterocycles. The van der Waals surface area contributed by atoms with Crippen molar-refractivity contribution in [3.8, 4) is 0 Å². The molecule has 0 saturated heterocycles. The molecule has 1 aliphatic carbocycles. The first-order valence-electron chi connectivity index (χ1n) is 11.1. The van der Waals surface area contributed by atoms with Crippen LogP contribution in [0.3, 0.4) is 0 Å². The molecule has 2 amide bonds. The summed E-state index contributed by atoms with van der Waals surface area (Å²) in [6, 6.07) is 3.72. The molecule has 11 heteroatoms. The summed E-state index contributed by atoms with van der Waals surface area (Å²) >= 11 is 4.10. The topological polar surface area (TPSA) is 120 Å². The Morgan fingerprint density at radius 2 is 2.09 bits per heavy atom. The lowest BCUT2D eigenvalue weighted by Gasteiger charge is -2.12. The van der Waals surface area contributed by atoms with Crippen LogP contribution in [-0.4, -0.2) is 32.1 Å². The first-order valence-corrected chi connectivity index (χ1v) is 13.7. The van der Waals surface area contributed by atoms with E-state index in [4.69, 9.17) is 10.7 Å². The number of hydrogen-bond donors (Lipinski definition) is 2. The van der Waals surface area contributed by atoms with Crippen LogP contribution in [0.5, 0.6) is 0 Å². The van der Waals surface area contributed by atoms with E-state index in [1.807, 2.05) is 26.0 Å². The van der Waals surface area contributed by atoms with Gasteiger partial charge >= 0.3 is 0 Å². The van der Waals surface area contributed by atoms with Gasteiger partial charge in [-0.1, -0.05) is 17.8 Å². The van der Waals surface area contributed by atoms with Crippen molar-refractivity contribution in [2.24, 2.45) is 5.73 Å². The van der Waals surface area contributed by atoms with E-state index in [9.17, 15) is 14.4 Å². The summed E-state index contributed by atoms with van der Waals surface area (Å²) in [5.41, 5.74) is 8.67. The average Bonchev–Trinajstić information content (AvgIpc) is 3.48. The quantitative estimate of drug-likeness (QED) is 0.279. The molecule has 0 spiro atoms. The fourth-order valence-electron chi connectivity index (χ4n) is 4.28. The maximum atomic E-state index is 13.5. The van der Waals surface area contributed by atoms with E-state index >= 15 is 0 Å². The summed E-state index contributed by atoms with van der Waals surface area (Å²) in [5.74, 6) is -0.763. The maximum Gasteiger partial charge on any atom is 0.263 e. The highest BCUT2D eigenvalue weighted by Gasteiger charge is 2.26. The summed E-state index contributed by atoms with van der Waals surface area (Å²) in [6.45, 7) is 4.21. The third kappa shape index (κ3) is 4.51. The summed E-state index contributed by atoms with van der Waals surface area (Å²) in [6.07, 6.45) is 6.09. The van der Waals surface area contributed by atoms with Gasteiger partial charge in [0.1, 0.15) is 9.83 Å². The maximum absolute atomic E-state index is 13.5. The number of nitrogens with zero attached hydrogens (tertiary/aromatic N) is 3. The summed E-state index contributed by atoms with van der Waals surface area (Å²) in [4.78, 5) is 50.1. The number of carbonyl (C=O) groups is 2. The molecule has 3 N–H and O–H groups in total. The van der Waals surface area contributed by atoms with Crippen LogP contribution in [0.1, 0.15) is 43.2 Å².